The van der Waals surface area contributed by atoms with Gasteiger partial charge < -0.3 is 14.8 Å². The van der Waals surface area contributed by atoms with E-state index in [-0.39, 0.29) is 41.7 Å². The molecule has 5 atom stereocenters. The number of hydrogen-bond donors (Lipinski definition) is 1. The van der Waals surface area contributed by atoms with Gasteiger partial charge in [0.05, 0.1) is 11.8 Å². The molecule has 0 radical (unpaired) electrons. The third-order valence-electron chi connectivity index (χ3n) is 5.96. The number of fused-ring (bicyclic) bond motifs is 1. The van der Waals surface area contributed by atoms with Gasteiger partial charge in [-0.05, 0) is 67.3 Å². The summed E-state index contributed by atoms with van der Waals surface area (Å²) in [5.74, 6) is 1.14. The van der Waals surface area contributed by atoms with Crippen LogP contribution in [-0.4, -0.2) is 18.0 Å². The minimum Gasteiger partial charge on any atom is -0.462 e. The van der Waals surface area contributed by atoms with Gasteiger partial charge in [-0.15, -0.1) is 0 Å². The number of amides is 1. The molecule has 1 aliphatic heterocycles. The summed E-state index contributed by atoms with van der Waals surface area (Å²) < 4.78 is 12.2. The van der Waals surface area contributed by atoms with Crippen molar-refractivity contribution in [1.29, 1.82) is 0 Å². The van der Waals surface area contributed by atoms with Gasteiger partial charge in [-0.2, -0.15) is 0 Å². The summed E-state index contributed by atoms with van der Waals surface area (Å²) in [5.41, 5.74) is 0.703. The van der Waals surface area contributed by atoms with E-state index in [4.69, 9.17) is 9.47 Å². The fourth-order valence-corrected chi connectivity index (χ4v) is 5.10. The fraction of sp³-hybridized carbons (Fsp3) is 0.333. The first-order valence-electron chi connectivity index (χ1n) is 9.13. The highest BCUT2D eigenvalue weighted by Crippen LogP contribution is 2.57. The van der Waals surface area contributed by atoms with Crippen LogP contribution in [0.2, 0.25) is 0 Å². The summed E-state index contributed by atoms with van der Waals surface area (Å²) >= 11 is 3.39. The largest absolute Gasteiger partial charge is 0.462 e. The number of nitrogens with one attached hydrogen (secondary N) is 1. The Morgan fingerprint density at radius 3 is 2.41 bits per heavy atom. The minimum absolute atomic E-state index is 0.0478. The zero-order valence-corrected chi connectivity index (χ0v) is 16.0. The molecule has 6 heteroatoms. The molecule has 0 aromatic heterocycles. The molecule has 3 aliphatic rings. The van der Waals surface area contributed by atoms with Crippen molar-refractivity contribution in [2.75, 3.05) is 5.32 Å². The summed E-state index contributed by atoms with van der Waals surface area (Å²) in [6.45, 7) is 0. The van der Waals surface area contributed by atoms with Crippen LogP contribution in [0.15, 0.2) is 53.0 Å². The Hall–Kier alpha value is -2.34. The van der Waals surface area contributed by atoms with E-state index < -0.39 is 0 Å². The first kappa shape index (κ1) is 16.8. The lowest BCUT2D eigenvalue weighted by atomic mass is 9.79. The van der Waals surface area contributed by atoms with Crippen LogP contribution in [0.4, 0.5) is 5.69 Å². The molecule has 27 heavy (non-hydrogen) atoms. The lowest BCUT2D eigenvalue weighted by Crippen LogP contribution is -2.35. The third-order valence-corrected chi connectivity index (χ3v) is 6.49. The second-order valence-corrected chi connectivity index (χ2v) is 8.41. The molecule has 2 aliphatic carbocycles. The van der Waals surface area contributed by atoms with Gasteiger partial charge in [-0.1, -0.05) is 15.9 Å². The molecule has 0 spiro atoms. The molecule has 138 valence electrons. The van der Waals surface area contributed by atoms with Crippen LogP contribution < -0.4 is 10.1 Å². The van der Waals surface area contributed by atoms with E-state index in [1.807, 2.05) is 48.5 Å². The highest BCUT2D eigenvalue weighted by Gasteiger charge is 2.63. The van der Waals surface area contributed by atoms with Crippen molar-refractivity contribution in [3.63, 3.8) is 0 Å². The van der Waals surface area contributed by atoms with Gasteiger partial charge in [0.1, 0.15) is 17.6 Å². The summed E-state index contributed by atoms with van der Waals surface area (Å²) in [6, 6.07) is 14.8. The van der Waals surface area contributed by atoms with E-state index in [2.05, 4.69) is 21.2 Å². The fourth-order valence-electron chi connectivity index (χ4n) is 4.83. The van der Waals surface area contributed by atoms with Crippen molar-refractivity contribution in [2.45, 2.75) is 18.9 Å². The second kappa shape index (κ2) is 6.37. The SMILES string of the molecule is O=C(Nc1ccc(Oc2ccc(Br)cc2)cc1)[C@@H]1[C@@H]2C[C@@H]3[C@@H]1C(=O)O[C@H]3C2. The van der Waals surface area contributed by atoms with E-state index >= 15 is 0 Å². The number of esters is 1. The quantitative estimate of drug-likeness (QED) is 0.735. The normalized spacial score (nSPS) is 30.3. The zero-order valence-electron chi connectivity index (χ0n) is 14.4. The van der Waals surface area contributed by atoms with Crippen molar-refractivity contribution in [1.82, 2.24) is 0 Å². The average molecular weight is 428 g/mol. The Bertz CT molecular complexity index is 893. The highest BCUT2D eigenvalue weighted by molar-refractivity contribution is 9.10. The lowest BCUT2D eigenvalue weighted by Gasteiger charge is -2.23. The van der Waals surface area contributed by atoms with Crippen LogP contribution in [-0.2, 0) is 14.3 Å². The Balaban J connectivity index is 1.25. The Morgan fingerprint density at radius 2 is 1.70 bits per heavy atom. The average Bonchev–Trinajstić information content (AvgIpc) is 3.27. The van der Waals surface area contributed by atoms with Gasteiger partial charge in [-0.25, -0.2) is 0 Å². The van der Waals surface area contributed by atoms with Crippen LogP contribution in [0.3, 0.4) is 0 Å². The third kappa shape index (κ3) is 2.92. The molecule has 2 saturated carbocycles. The van der Waals surface area contributed by atoms with Crippen LogP contribution in [0.5, 0.6) is 11.5 Å². The summed E-state index contributed by atoms with van der Waals surface area (Å²) in [4.78, 5) is 24.9. The van der Waals surface area contributed by atoms with Crippen LogP contribution in [0, 0.1) is 23.7 Å². The molecule has 3 fully saturated rings. The van der Waals surface area contributed by atoms with Crippen LogP contribution in [0.1, 0.15) is 12.8 Å². The molecule has 1 heterocycles. The number of anilines is 1. The number of halogens is 1. The standard InChI is InChI=1S/C21H18BrNO4/c22-12-1-5-14(6-2-12)26-15-7-3-13(4-8-15)23-20(24)18-11-9-16-17(10-11)27-21(25)19(16)18/h1-8,11,16-19H,9-10H2,(H,23,24)/t11-,16+,17+,18-,19+/m1/s1. The molecule has 2 aromatic carbocycles. The van der Waals surface area contributed by atoms with E-state index in [1.54, 1.807) is 0 Å². The van der Waals surface area contributed by atoms with Gasteiger partial charge >= 0.3 is 5.97 Å². The Kier molecular flexibility index (Phi) is 3.97. The van der Waals surface area contributed by atoms with Crippen molar-refractivity contribution < 1.29 is 19.1 Å². The van der Waals surface area contributed by atoms with Crippen molar-refractivity contribution in [2.24, 2.45) is 23.7 Å². The van der Waals surface area contributed by atoms with Gasteiger partial charge in [0.25, 0.3) is 0 Å². The highest BCUT2D eigenvalue weighted by atomic mass is 79.9. The van der Waals surface area contributed by atoms with E-state index in [9.17, 15) is 9.59 Å². The minimum atomic E-state index is -0.264. The van der Waals surface area contributed by atoms with Crippen molar-refractivity contribution in [3.8, 4) is 11.5 Å². The molecule has 2 bridgehead atoms. The maximum absolute atomic E-state index is 12.8. The number of ether oxygens (including phenoxy) is 2. The lowest BCUT2D eigenvalue weighted by molar-refractivity contribution is -0.145. The maximum atomic E-state index is 12.8. The molecule has 0 unspecified atom stereocenters. The molecule has 5 rings (SSSR count). The Morgan fingerprint density at radius 1 is 1.04 bits per heavy atom. The number of carbonyl (C=O) groups excluding carboxylic acids is 2. The molecular weight excluding hydrogens is 410 g/mol. The smallest absolute Gasteiger partial charge is 0.310 e. The number of carbonyl (C=O) groups is 2. The van der Waals surface area contributed by atoms with Crippen LogP contribution in [0.25, 0.3) is 0 Å². The monoisotopic (exact) mass is 427 g/mol. The zero-order chi connectivity index (χ0) is 18.5. The molecule has 2 aromatic rings. The summed E-state index contributed by atoms with van der Waals surface area (Å²) in [7, 11) is 0. The van der Waals surface area contributed by atoms with Gasteiger partial charge in [0, 0.05) is 16.1 Å². The van der Waals surface area contributed by atoms with E-state index in [1.165, 1.54) is 0 Å². The summed E-state index contributed by atoms with van der Waals surface area (Å²) in [6.07, 6.45) is 1.80. The van der Waals surface area contributed by atoms with Gasteiger partial charge in [-0.3, -0.25) is 9.59 Å². The second-order valence-electron chi connectivity index (χ2n) is 7.49. The Labute approximate surface area is 165 Å². The van der Waals surface area contributed by atoms with Gasteiger partial charge in [0.15, 0.2) is 0 Å². The maximum Gasteiger partial charge on any atom is 0.310 e. The number of rotatable bonds is 4. The summed E-state index contributed by atoms with van der Waals surface area (Å²) in [5, 5.41) is 2.96. The number of hydrogen-bond acceptors (Lipinski definition) is 4. The molecule has 1 N–H and O–H groups in total. The van der Waals surface area contributed by atoms with Gasteiger partial charge in [0.2, 0.25) is 5.91 Å². The van der Waals surface area contributed by atoms with E-state index in [0.717, 1.165) is 23.1 Å². The van der Waals surface area contributed by atoms with E-state index in [0.29, 0.717) is 11.4 Å². The first-order valence-corrected chi connectivity index (χ1v) is 9.92. The van der Waals surface area contributed by atoms with Crippen LogP contribution >= 0.6 is 15.9 Å². The molecule has 1 amide bonds. The molecule has 5 nitrogen and oxygen atoms in total. The van der Waals surface area contributed by atoms with Crippen molar-refractivity contribution in [3.05, 3.63) is 53.0 Å². The predicted molar refractivity (Wildman–Crippen MR) is 102 cm³/mol. The first-order chi connectivity index (χ1) is 13.1. The topological polar surface area (TPSA) is 64.6 Å². The number of benzene rings is 2. The van der Waals surface area contributed by atoms with Crippen molar-refractivity contribution >= 4 is 33.5 Å². The molecule has 1 saturated heterocycles. The predicted octanol–water partition coefficient (Wildman–Crippen LogP) is 4.38. The molecular formula is C21H18BrNO4.